The Hall–Kier alpha value is -1.44. The molecule has 2 rings (SSSR count). The summed E-state index contributed by atoms with van der Waals surface area (Å²) in [5.74, 6) is 0. The SMILES string of the molecule is COCCNCc1csc(-c2ccc(C(F)(F)F)cc2)n1. The molecule has 0 saturated heterocycles. The Morgan fingerprint density at radius 1 is 1.24 bits per heavy atom. The molecule has 1 aromatic carbocycles. The monoisotopic (exact) mass is 316 g/mol. The van der Waals surface area contributed by atoms with Gasteiger partial charge in [0.15, 0.2) is 0 Å². The minimum Gasteiger partial charge on any atom is -0.383 e. The molecule has 114 valence electrons. The number of halogens is 3. The third kappa shape index (κ3) is 4.52. The first-order valence-electron chi connectivity index (χ1n) is 6.32. The summed E-state index contributed by atoms with van der Waals surface area (Å²) in [6.07, 6.45) is -4.31. The maximum Gasteiger partial charge on any atom is 0.416 e. The van der Waals surface area contributed by atoms with Gasteiger partial charge in [0.1, 0.15) is 5.01 Å². The summed E-state index contributed by atoms with van der Waals surface area (Å²) < 4.78 is 42.4. The molecule has 0 spiro atoms. The maximum atomic E-state index is 12.5. The molecule has 0 saturated carbocycles. The van der Waals surface area contributed by atoms with E-state index in [0.717, 1.165) is 24.4 Å². The Bertz CT molecular complexity index is 566. The summed E-state index contributed by atoms with van der Waals surface area (Å²) >= 11 is 1.42. The van der Waals surface area contributed by atoms with Crippen LogP contribution in [0.5, 0.6) is 0 Å². The van der Waals surface area contributed by atoms with E-state index in [0.29, 0.717) is 23.7 Å². The number of hydrogen-bond donors (Lipinski definition) is 1. The van der Waals surface area contributed by atoms with Crippen molar-refractivity contribution < 1.29 is 17.9 Å². The number of ether oxygens (including phenoxy) is 1. The number of benzene rings is 1. The molecule has 0 bridgehead atoms. The molecular weight excluding hydrogens is 301 g/mol. The second-order valence-corrected chi connectivity index (χ2v) is 5.25. The minimum atomic E-state index is -4.31. The average Bonchev–Trinajstić information content (AvgIpc) is 2.92. The largest absolute Gasteiger partial charge is 0.416 e. The number of alkyl halides is 3. The molecule has 21 heavy (non-hydrogen) atoms. The molecular formula is C14H15F3N2OS. The van der Waals surface area contributed by atoms with Crippen LogP contribution >= 0.6 is 11.3 Å². The van der Waals surface area contributed by atoms with E-state index >= 15 is 0 Å². The summed E-state index contributed by atoms with van der Waals surface area (Å²) in [5, 5.41) is 5.78. The van der Waals surface area contributed by atoms with E-state index in [1.165, 1.54) is 23.5 Å². The zero-order chi connectivity index (χ0) is 15.3. The van der Waals surface area contributed by atoms with Gasteiger partial charge in [-0.05, 0) is 12.1 Å². The van der Waals surface area contributed by atoms with Crippen molar-refractivity contribution in [1.82, 2.24) is 10.3 Å². The van der Waals surface area contributed by atoms with Crippen molar-refractivity contribution in [2.75, 3.05) is 20.3 Å². The lowest BCUT2D eigenvalue weighted by atomic mass is 10.1. The normalized spacial score (nSPS) is 11.8. The van der Waals surface area contributed by atoms with E-state index in [1.54, 1.807) is 7.11 Å². The lowest BCUT2D eigenvalue weighted by molar-refractivity contribution is -0.137. The van der Waals surface area contributed by atoms with Crippen LogP contribution in [0.2, 0.25) is 0 Å². The third-order valence-corrected chi connectivity index (χ3v) is 3.74. The van der Waals surface area contributed by atoms with Crippen molar-refractivity contribution in [3.63, 3.8) is 0 Å². The van der Waals surface area contributed by atoms with E-state index < -0.39 is 11.7 Å². The van der Waals surface area contributed by atoms with E-state index in [-0.39, 0.29) is 0 Å². The van der Waals surface area contributed by atoms with Crippen LogP contribution in [-0.2, 0) is 17.5 Å². The second-order valence-electron chi connectivity index (χ2n) is 4.39. The molecule has 0 aliphatic heterocycles. The van der Waals surface area contributed by atoms with Crippen LogP contribution in [0.1, 0.15) is 11.3 Å². The fourth-order valence-corrected chi connectivity index (χ4v) is 2.54. The summed E-state index contributed by atoms with van der Waals surface area (Å²) in [6, 6.07) is 5.05. The number of nitrogens with zero attached hydrogens (tertiary/aromatic N) is 1. The quantitative estimate of drug-likeness (QED) is 0.827. The molecule has 0 aliphatic carbocycles. The Labute approximate surface area is 124 Å². The van der Waals surface area contributed by atoms with Gasteiger partial charge >= 0.3 is 6.18 Å². The molecule has 0 amide bonds. The Morgan fingerprint density at radius 2 is 1.95 bits per heavy atom. The molecule has 0 radical (unpaired) electrons. The molecule has 2 aromatic rings. The van der Waals surface area contributed by atoms with Crippen molar-refractivity contribution in [3.8, 4) is 10.6 Å². The first kappa shape index (κ1) is 15.9. The van der Waals surface area contributed by atoms with Crippen LogP contribution in [0.15, 0.2) is 29.6 Å². The highest BCUT2D eigenvalue weighted by atomic mass is 32.1. The Balaban J connectivity index is 2.00. The van der Waals surface area contributed by atoms with E-state index in [4.69, 9.17) is 4.74 Å². The van der Waals surface area contributed by atoms with Gasteiger partial charge in [0, 0.05) is 31.1 Å². The zero-order valence-corrected chi connectivity index (χ0v) is 12.2. The highest BCUT2D eigenvalue weighted by Crippen LogP contribution is 2.31. The second kappa shape index (κ2) is 7.02. The molecule has 3 nitrogen and oxygen atoms in total. The van der Waals surface area contributed by atoms with Gasteiger partial charge in [-0.15, -0.1) is 11.3 Å². The van der Waals surface area contributed by atoms with E-state index in [2.05, 4.69) is 10.3 Å². The fourth-order valence-electron chi connectivity index (χ4n) is 1.71. The highest BCUT2D eigenvalue weighted by molar-refractivity contribution is 7.13. The molecule has 0 fully saturated rings. The van der Waals surface area contributed by atoms with Gasteiger partial charge in [0.2, 0.25) is 0 Å². The van der Waals surface area contributed by atoms with Gasteiger partial charge in [-0.2, -0.15) is 13.2 Å². The van der Waals surface area contributed by atoms with Gasteiger partial charge in [0.25, 0.3) is 0 Å². The maximum absolute atomic E-state index is 12.5. The van der Waals surface area contributed by atoms with Crippen molar-refractivity contribution in [1.29, 1.82) is 0 Å². The summed E-state index contributed by atoms with van der Waals surface area (Å²) in [4.78, 5) is 4.40. The molecule has 1 N–H and O–H groups in total. The average molecular weight is 316 g/mol. The van der Waals surface area contributed by atoms with Crippen molar-refractivity contribution >= 4 is 11.3 Å². The zero-order valence-electron chi connectivity index (χ0n) is 11.4. The molecule has 1 heterocycles. The molecule has 0 atom stereocenters. The van der Waals surface area contributed by atoms with Crippen LogP contribution in [-0.4, -0.2) is 25.2 Å². The van der Waals surface area contributed by atoms with E-state index in [9.17, 15) is 13.2 Å². The standard InChI is InChI=1S/C14H15F3N2OS/c1-20-7-6-18-8-12-9-21-13(19-12)10-2-4-11(5-3-10)14(15,16)17/h2-5,9,18H,6-8H2,1H3. The Kier molecular flexibility index (Phi) is 5.33. The number of nitrogens with one attached hydrogen (secondary N) is 1. The molecule has 7 heteroatoms. The number of methoxy groups -OCH3 is 1. The summed E-state index contributed by atoms with van der Waals surface area (Å²) in [5.41, 5.74) is 0.909. The van der Waals surface area contributed by atoms with Crippen LogP contribution in [0.4, 0.5) is 13.2 Å². The molecule has 1 aromatic heterocycles. The van der Waals surface area contributed by atoms with Crippen molar-refractivity contribution in [2.45, 2.75) is 12.7 Å². The topological polar surface area (TPSA) is 34.1 Å². The number of thiazole rings is 1. The fraction of sp³-hybridized carbons (Fsp3) is 0.357. The number of rotatable bonds is 6. The van der Waals surface area contributed by atoms with Gasteiger partial charge < -0.3 is 10.1 Å². The molecule has 0 aliphatic rings. The van der Waals surface area contributed by atoms with Crippen LogP contribution in [0.3, 0.4) is 0 Å². The van der Waals surface area contributed by atoms with Gasteiger partial charge in [-0.3, -0.25) is 0 Å². The van der Waals surface area contributed by atoms with E-state index in [1.807, 2.05) is 5.38 Å². The lowest BCUT2D eigenvalue weighted by Crippen LogP contribution is -2.18. The van der Waals surface area contributed by atoms with Gasteiger partial charge in [-0.1, -0.05) is 12.1 Å². The third-order valence-electron chi connectivity index (χ3n) is 2.80. The summed E-state index contributed by atoms with van der Waals surface area (Å²) in [7, 11) is 1.63. The smallest absolute Gasteiger partial charge is 0.383 e. The van der Waals surface area contributed by atoms with Crippen molar-refractivity contribution in [3.05, 3.63) is 40.9 Å². The Morgan fingerprint density at radius 3 is 2.57 bits per heavy atom. The van der Waals surface area contributed by atoms with Crippen LogP contribution in [0, 0.1) is 0 Å². The van der Waals surface area contributed by atoms with Gasteiger partial charge in [0.05, 0.1) is 17.9 Å². The van der Waals surface area contributed by atoms with Crippen molar-refractivity contribution in [2.24, 2.45) is 0 Å². The number of aromatic nitrogens is 1. The first-order chi connectivity index (χ1) is 10.0. The lowest BCUT2D eigenvalue weighted by Gasteiger charge is -2.06. The van der Waals surface area contributed by atoms with Crippen LogP contribution < -0.4 is 5.32 Å². The highest BCUT2D eigenvalue weighted by Gasteiger charge is 2.30. The first-order valence-corrected chi connectivity index (χ1v) is 7.20. The van der Waals surface area contributed by atoms with Gasteiger partial charge in [-0.25, -0.2) is 4.98 Å². The molecule has 0 unspecified atom stereocenters. The number of hydrogen-bond acceptors (Lipinski definition) is 4. The van der Waals surface area contributed by atoms with Crippen LogP contribution in [0.25, 0.3) is 10.6 Å². The predicted octanol–water partition coefficient (Wildman–Crippen LogP) is 3.56. The predicted molar refractivity (Wildman–Crippen MR) is 76.1 cm³/mol. The minimum absolute atomic E-state index is 0.612. The summed E-state index contributed by atoms with van der Waals surface area (Å²) in [6.45, 7) is 1.96.